The van der Waals surface area contributed by atoms with Crippen LogP contribution in [0.1, 0.15) is 23.1 Å². The Hall–Kier alpha value is -1.13. The van der Waals surface area contributed by atoms with Crippen LogP contribution >= 0.6 is 27.5 Å². The molecular formula is C12H10BrClN2O. The van der Waals surface area contributed by atoms with Crippen molar-refractivity contribution in [2.24, 2.45) is 0 Å². The number of hydrogen-bond acceptors (Lipinski definition) is 2. The lowest BCUT2D eigenvalue weighted by Gasteiger charge is -2.04. The molecule has 3 nitrogen and oxygen atoms in total. The highest BCUT2D eigenvalue weighted by molar-refractivity contribution is 9.10. The van der Waals surface area contributed by atoms with Gasteiger partial charge in [-0.1, -0.05) is 11.6 Å². The van der Waals surface area contributed by atoms with Gasteiger partial charge in [-0.2, -0.15) is 0 Å². The molecule has 0 bridgehead atoms. The minimum absolute atomic E-state index is 0.103. The third-order valence-electron chi connectivity index (χ3n) is 2.44. The van der Waals surface area contributed by atoms with Crippen molar-refractivity contribution in [2.45, 2.75) is 13.5 Å². The summed E-state index contributed by atoms with van der Waals surface area (Å²) in [6.45, 7) is 2.69. The minimum atomic E-state index is -0.103. The maximum atomic E-state index is 12.2. The van der Waals surface area contributed by atoms with Crippen LogP contribution in [-0.4, -0.2) is 15.3 Å². The standard InChI is InChI=1S/C12H10BrClN2O/c1-2-16-6-5-15-12(16)11(17)8-3-4-10(14)9(13)7-8/h3-7H,2H2,1H3. The molecule has 0 unspecified atom stereocenters. The number of halogens is 2. The highest BCUT2D eigenvalue weighted by Crippen LogP contribution is 2.24. The Morgan fingerprint density at radius 1 is 1.53 bits per heavy atom. The van der Waals surface area contributed by atoms with Crippen LogP contribution in [0.2, 0.25) is 5.02 Å². The van der Waals surface area contributed by atoms with Gasteiger partial charge in [0.2, 0.25) is 5.78 Å². The molecule has 0 N–H and O–H groups in total. The molecule has 5 heteroatoms. The Labute approximate surface area is 113 Å². The van der Waals surface area contributed by atoms with E-state index >= 15 is 0 Å². The summed E-state index contributed by atoms with van der Waals surface area (Å²) in [5.41, 5.74) is 0.571. The molecule has 1 aromatic heterocycles. The van der Waals surface area contributed by atoms with Gasteiger partial charge in [-0.25, -0.2) is 4.98 Å². The van der Waals surface area contributed by atoms with Gasteiger partial charge in [-0.3, -0.25) is 4.79 Å². The smallest absolute Gasteiger partial charge is 0.228 e. The maximum Gasteiger partial charge on any atom is 0.228 e. The Morgan fingerprint density at radius 3 is 2.94 bits per heavy atom. The second kappa shape index (κ2) is 5.02. The highest BCUT2D eigenvalue weighted by atomic mass is 79.9. The van der Waals surface area contributed by atoms with Gasteiger partial charge in [-0.15, -0.1) is 0 Å². The fourth-order valence-corrected chi connectivity index (χ4v) is 2.04. The first-order chi connectivity index (χ1) is 8.13. The first kappa shape index (κ1) is 12.3. The van der Waals surface area contributed by atoms with Crippen LogP contribution in [-0.2, 0) is 6.54 Å². The summed E-state index contributed by atoms with van der Waals surface area (Å²) in [6.07, 6.45) is 3.42. The lowest BCUT2D eigenvalue weighted by molar-refractivity contribution is 0.102. The van der Waals surface area contributed by atoms with E-state index in [0.29, 0.717) is 20.9 Å². The molecular weight excluding hydrogens is 304 g/mol. The molecule has 0 amide bonds. The van der Waals surface area contributed by atoms with Crippen LogP contribution < -0.4 is 0 Å². The molecule has 2 aromatic rings. The maximum absolute atomic E-state index is 12.2. The number of carbonyl (C=O) groups is 1. The summed E-state index contributed by atoms with van der Waals surface area (Å²) < 4.78 is 2.52. The van der Waals surface area contributed by atoms with Gasteiger partial charge in [-0.05, 0) is 41.1 Å². The Kier molecular flexibility index (Phi) is 3.64. The third-order valence-corrected chi connectivity index (χ3v) is 3.66. The normalized spacial score (nSPS) is 10.5. The Morgan fingerprint density at radius 2 is 2.29 bits per heavy atom. The number of aromatic nitrogens is 2. The van der Waals surface area contributed by atoms with E-state index in [1.54, 1.807) is 30.6 Å². The zero-order valence-electron chi connectivity index (χ0n) is 9.15. The average Bonchev–Trinajstić information content (AvgIpc) is 2.80. The van der Waals surface area contributed by atoms with Gasteiger partial charge in [0.05, 0.1) is 5.02 Å². The summed E-state index contributed by atoms with van der Waals surface area (Å²) >= 11 is 9.19. The summed E-state index contributed by atoms with van der Waals surface area (Å²) in [4.78, 5) is 16.3. The number of benzene rings is 1. The van der Waals surface area contributed by atoms with E-state index in [-0.39, 0.29) is 5.78 Å². The lowest BCUT2D eigenvalue weighted by Crippen LogP contribution is -2.10. The molecule has 0 aliphatic heterocycles. The summed E-state index contributed by atoms with van der Waals surface area (Å²) in [7, 11) is 0. The van der Waals surface area contributed by atoms with Crippen molar-refractivity contribution in [3.05, 3.63) is 51.5 Å². The third kappa shape index (κ3) is 2.42. The fourth-order valence-electron chi connectivity index (χ4n) is 1.54. The van der Waals surface area contributed by atoms with E-state index in [0.717, 1.165) is 6.54 Å². The molecule has 0 saturated carbocycles. The second-order valence-corrected chi connectivity index (χ2v) is 4.76. The molecule has 0 radical (unpaired) electrons. The molecule has 0 saturated heterocycles. The van der Waals surface area contributed by atoms with Crippen molar-refractivity contribution in [3.8, 4) is 0 Å². The summed E-state index contributed by atoms with van der Waals surface area (Å²) in [5, 5.41) is 0.584. The fraction of sp³-hybridized carbons (Fsp3) is 0.167. The molecule has 0 aliphatic carbocycles. The van der Waals surface area contributed by atoms with Gasteiger partial charge < -0.3 is 4.57 Å². The first-order valence-electron chi connectivity index (χ1n) is 5.14. The SMILES string of the molecule is CCn1ccnc1C(=O)c1ccc(Cl)c(Br)c1. The summed E-state index contributed by atoms with van der Waals surface area (Å²) in [6, 6.07) is 5.10. The Balaban J connectivity index is 2.40. The quantitative estimate of drug-likeness (QED) is 0.812. The van der Waals surface area contributed by atoms with Gasteiger partial charge in [0.1, 0.15) is 0 Å². The van der Waals surface area contributed by atoms with E-state index in [2.05, 4.69) is 20.9 Å². The number of nitrogens with zero attached hydrogens (tertiary/aromatic N) is 2. The van der Waals surface area contributed by atoms with Crippen molar-refractivity contribution in [3.63, 3.8) is 0 Å². The molecule has 88 valence electrons. The number of carbonyl (C=O) groups excluding carboxylic acids is 1. The topological polar surface area (TPSA) is 34.9 Å². The van der Waals surface area contributed by atoms with E-state index in [4.69, 9.17) is 11.6 Å². The number of aryl methyl sites for hydroxylation is 1. The molecule has 17 heavy (non-hydrogen) atoms. The summed E-state index contributed by atoms with van der Waals surface area (Å²) in [5.74, 6) is 0.343. The average molecular weight is 314 g/mol. The lowest BCUT2D eigenvalue weighted by atomic mass is 10.1. The molecule has 1 aromatic carbocycles. The van der Waals surface area contributed by atoms with Gasteiger partial charge in [0.25, 0.3) is 0 Å². The largest absolute Gasteiger partial charge is 0.328 e. The van der Waals surface area contributed by atoms with Gasteiger partial charge in [0, 0.05) is 29.0 Å². The highest BCUT2D eigenvalue weighted by Gasteiger charge is 2.15. The molecule has 0 atom stereocenters. The van der Waals surface area contributed by atoms with Crippen molar-refractivity contribution < 1.29 is 4.79 Å². The minimum Gasteiger partial charge on any atom is -0.328 e. The van der Waals surface area contributed by atoms with Crippen molar-refractivity contribution in [1.29, 1.82) is 0 Å². The monoisotopic (exact) mass is 312 g/mol. The van der Waals surface area contributed by atoms with Crippen LogP contribution in [0.25, 0.3) is 0 Å². The predicted molar refractivity (Wildman–Crippen MR) is 70.5 cm³/mol. The van der Waals surface area contributed by atoms with Crippen LogP contribution in [0.15, 0.2) is 35.1 Å². The second-order valence-electron chi connectivity index (χ2n) is 3.49. The number of rotatable bonds is 3. The first-order valence-corrected chi connectivity index (χ1v) is 6.31. The molecule has 1 heterocycles. The van der Waals surface area contributed by atoms with Crippen LogP contribution in [0.3, 0.4) is 0 Å². The van der Waals surface area contributed by atoms with Crippen molar-refractivity contribution in [2.75, 3.05) is 0 Å². The van der Waals surface area contributed by atoms with Gasteiger partial charge in [0.15, 0.2) is 5.82 Å². The Bertz CT molecular complexity index is 565. The predicted octanol–water partition coefficient (Wildman–Crippen LogP) is 3.55. The van der Waals surface area contributed by atoms with E-state index in [9.17, 15) is 4.79 Å². The van der Waals surface area contributed by atoms with Gasteiger partial charge >= 0.3 is 0 Å². The van der Waals surface area contributed by atoms with E-state index in [1.165, 1.54) is 0 Å². The zero-order chi connectivity index (χ0) is 12.4. The molecule has 0 spiro atoms. The zero-order valence-corrected chi connectivity index (χ0v) is 11.5. The van der Waals surface area contributed by atoms with Crippen molar-refractivity contribution in [1.82, 2.24) is 9.55 Å². The van der Waals surface area contributed by atoms with Crippen LogP contribution in [0.4, 0.5) is 0 Å². The molecule has 2 rings (SSSR count). The van der Waals surface area contributed by atoms with Crippen LogP contribution in [0.5, 0.6) is 0 Å². The number of ketones is 1. The van der Waals surface area contributed by atoms with E-state index < -0.39 is 0 Å². The number of hydrogen-bond donors (Lipinski definition) is 0. The van der Waals surface area contributed by atoms with Crippen molar-refractivity contribution >= 4 is 33.3 Å². The molecule has 0 fully saturated rings. The number of imidazole rings is 1. The van der Waals surface area contributed by atoms with Crippen LogP contribution in [0, 0.1) is 0 Å². The van der Waals surface area contributed by atoms with E-state index in [1.807, 2.05) is 11.5 Å². The molecule has 0 aliphatic rings.